The zero-order chi connectivity index (χ0) is 17.7. The molecule has 1 fully saturated rings. The largest absolute Gasteiger partial charge is 1.00 e. The maximum Gasteiger partial charge on any atom is 0.255 e. The van der Waals surface area contributed by atoms with Gasteiger partial charge in [-0.2, -0.15) is 0 Å². The van der Waals surface area contributed by atoms with E-state index in [0.29, 0.717) is 11.6 Å². The maximum atomic E-state index is 12.2. The van der Waals surface area contributed by atoms with Gasteiger partial charge in [0.1, 0.15) is 6.54 Å². The van der Waals surface area contributed by atoms with Gasteiger partial charge in [0.15, 0.2) is 0 Å². The highest BCUT2D eigenvalue weighted by atomic mass is 127. The molecule has 1 heterocycles. The van der Waals surface area contributed by atoms with E-state index in [1.165, 1.54) is 5.56 Å². The highest BCUT2D eigenvalue weighted by molar-refractivity contribution is 6.04. The minimum absolute atomic E-state index is 0. The summed E-state index contributed by atoms with van der Waals surface area (Å²) in [6.07, 6.45) is 2.25. The number of ether oxygens (including phenoxy) is 1. The number of hydrogen-bond donors (Lipinski definition) is 1. The Morgan fingerprint density at radius 2 is 1.65 bits per heavy atom. The predicted octanol–water partition coefficient (Wildman–Crippen LogP) is 0.698. The summed E-state index contributed by atoms with van der Waals surface area (Å²) in [7, 11) is 4.59. The zero-order valence-corrected chi connectivity index (χ0v) is 17.6. The topological polar surface area (TPSA) is 38.3 Å². The van der Waals surface area contributed by atoms with Crippen molar-refractivity contribution in [2.75, 3.05) is 32.6 Å². The van der Waals surface area contributed by atoms with Crippen LogP contribution < -0.4 is 29.3 Å². The van der Waals surface area contributed by atoms with Crippen LogP contribution in [0, 0.1) is 0 Å². The summed E-state index contributed by atoms with van der Waals surface area (Å²) in [5.74, 6) is -0.0772. The van der Waals surface area contributed by atoms with Crippen LogP contribution in [0.4, 0.5) is 5.69 Å². The molecule has 0 aliphatic carbocycles. The number of carbonyl (C=O) groups is 1. The van der Waals surface area contributed by atoms with Crippen molar-refractivity contribution >= 4 is 11.6 Å². The van der Waals surface area contributed by atoms with Gasteiger partial charge >= 0.3 is 0 Å². The lowest BCUT2D eigenvalue weighted by molar-refractivity contribution is -0.929. The Morgan fingerprint density at radius 1 is 1.04 bits per heavy atom. The lowest BCUT2D eigenvalue weighted by Crippen LogP contribution is -3.00. The molecule has 26 heavy (non-hydrogen) atoms. The molecular formula is C21H27IN2O2. The Labute approximate surface area is 173 Å². The van der Waals surface area contributed by atoms with Gasteiger partial charge in [0.25, 0.3) is 5.91 Å². The van der Waals surface area contributed by atoms with Crippen molar-refractivity contribution in [3.63, 3.8) is 0 Å². The lowest BCUT2D eigenvalue weighted by atomic mass is 10.0. The van der Waals surface area contributed by atoms with Gasteiger partial charge < -0.3 is 38.5 Å². The van der Waals surface area contributed by atoms with Gasteiger partial charge in [-0.3, -0.25) is 4.79 Å². The third-order valence-corrected chi connectivity index (χ3v) is 5.02. The van der Waals surface area contributed by atoms with Gasteiger partial charge in [0, 0.05) is 29.7 Å². The second kappa shape index (κ2) is 9.48. The molecule has 0 bridgehead atoms. The number of rotatable bonds is 5. The number of nitrogens with one attached hydrogen (secondary N) is 1. The summed E-state index contributed by atoms with van der Waals surface area (Å²) in [5, 5.41) is 2.95. The van der Waals surface area contributed by atoms with Crippen LogP contribution in [-0.4, -0.2) is 43.7 Å². The number of amides is 1. The van der Waals surface area contributed by atoms with Crippen LogP contribution in [0.5, 0.6) is 0 Å². The van der Waals surface area contributed by atoms with Crippen LogP contribution in [0.25, 0.3) is 0 Å². The number of hydrogen-bond acceptors (Lipinski definition) is 2. The van der Waals surface area contributed by atoms with Crippen molar-refractivity contribution in [2.24, 2.45) is 0 Å². The highest BCUT2D eigenvalue weighted by Gasteiger charge is 2.30. The summed E-state index contributed by atoms with van der Waals surface area (Å²) < 4.78 is 6.46. The van der Waals surface area contributed by atoms with Crippen LogP contribution in [0.2, 0.25) is 0 Å². The van der Waals surface area contributed by atoms with Gasteiger partial charge in [0.2, 0.25) is 0 Å². The van der Waals surface area contributed by atoms with E-state index in [2.05, 4.69) is 31.5 Å². The van der Waals surface area contributed by atoms with Crippen molar-refractivity contribution in [3.8, 4) is 0 Å². The van der Waals surface area contributed by atoms with E-state index in [4.69, 9.17) is 4.74 Å². The Hall–Kier alpha value is -1.44. The zero-order valence-electron chi connectivity index (χ0n) is 15.5. The Bertz CT molecular complexity index is 696. The third-order valence-electron chi connectivity index (χ3n) is 5.02. The molecule has 0 atom stereocenters. The number of benzene rings is 2. The lowest BCUT2D eigenvalue weighted by Gasteiger charge is -2.40. The van der Waals surface area contributed by atoms with Crippen LogP contribution in [-0.2, 0) is 11.3 Å². The summed E-state index contributed by atoms with van der Waals surface area (Å²) in [6, 6.07) is 18.1. The van der Waals surface area contributed by atoms with Crippen molar-refractivity contribution < 1.29 is 38.0 Å². The van der Waals surface area contributed by atoms with Crippen LogP contribution in [0.3, 0.4) is 0 Å². The van der Waals surface area contributed by atoms with E-state index in [1.807, 2.05) is 42.5 Å². The molecule has 0 unspecified atom stereocenters. The van der Waals surface area contributed by atoms with Gasteiger partial charge in [-0.1, -0.05) is 30.3 Å². The molecule has 1 N–H and O–H groups in total. The Balaban J connectivity index is 0.00000243. The standard InChI is InChI=1S/C21H26N2O2.HI/c1-23(2,20-12-14-25-15-13-20)16-17-8-10-19(11-9-17)22-21(24)18-6-4-3-5-7-18;/h3-11,20H,12-16H2,1-2H3;1H. The summed E-state index contributed by atoms with van der Waals surface area (Å²) in [4.78, 5) is 12.2. The van der Waals surface area contributed by atoms with Gasteiger partial charge in [0.05, 0.1) is 33.4 Å². The summed E-state index contributed by atoms with van der Waals surface area (Å²) >= 11 is 0. The molecule has 0 saturated carbocycles. The number of nitrogens with zero attached hydrogens (tertiary/aromatic N) is 1. The highest BCUT2D eigenvalue weighted by Crippen LogP contribution is 2.23. The maximum absolute atomic E-state index is 12.2. The van der Waals surface area contributed by atoms with E-state index >= 15 is 0 Å². The number of carbonyl (C=O) groups excluding carboxylic acids is 1. The summed E-state index contributed by atoms with van der Waals surface area (Å²) in [5.41, 5.74) is 2.78. The molecule has 3 rings (SSSR count). The summed E-state index contributed by atoms with van der Waals surface area (Å²) in [6.45, 7) is 2.73. The van der Waals surface area contributed by atoms with Crippen LogP contribution in [0.15, 0.2) is 54.6 Å². The van der Waals surface area contributed by atoms with Crippen molar-refractivity contribution in [1.29, 1.82) is 0 Å². The van der Waals surface area contributed by atoms with E-state index in [0.717, 1.165) is 42.8 Å². The fraction of sp³-hybridized carbons (Fsp3) is 0.381. The average molecular weight is 466 g/mol. The Morgan fingerprint density at radius 3 is 2.27 bits per heavy atom. The molecule has 1 saturated heterocycles. The van der Waals surface area contributed by atoms with Crippen molar-refractivity contribution in [2.45, 2.75) is 25.4 Å². The fourth-order valence-corrected chi connectivity index (χ4v) is 3.47. The molecule has 4 nitrogen and oxygen atoms in total. The average Bonchev–Trinajstić information content (AvgIpc) is 2.64. The first kappa shape index (κ1) is 20.9. The van der Waals surface area contributed by atoms with E-state index in [9.17, 15) is 4.79 Å². The van der Waals surface area contributed by atoms with Gasteiger partial charge in [-0.25, -0.2) is 0 Å². The van der Waals surface area contributed by atoms with E-state index in [-0.39, 0.29) is 29.9 Å². The van der Waals surface area contributed by atoms with Crippen LogP contribution in [0.1, 0.15) is 28.8 Å². The second-order valence-corrected chi connectivity index (χ2v) is 7.30. The molecule has 1 amide bonds. The van der Waals surface area contributed by atoms with Crippen molar-refractivity contribution in [1.82, 2.24) is 0 Å². The minimum Gasteiger partial charge on any atom is -1.00 e. The molecular weight excluding hydrogens is 439 g/mol. The minimum atomic E-state index is -0.0772. The Kier molecular flexibility index (Phi) is 7.61. The van der Waals surface area contributed by atoms with Crippen LogP contribution >= 0.6 is 0 Å². The number of quaternary nitrogens is 1. The molecule has 0 aromatic heterocycles. The third kappa shape index (κ3) is 5.53. The smallest absolute Gasteiger partial charge is 0.255 e. The molecule has 140 valence electrons. The quantitative estimate of drug-likeness (QED) is 0.521. The van der Waals surface area contributed by atoms with Gasteiger partial charge in [-0.15, -0.1) is 0 Å². The monoisotopic (exact) mass is 466 g/mol. The molecule has 1 aliphatic rings. The van der Waals surface area contributed by atoms with Crippen molar-refractivity contribution in [3.05, 3.63) is 65.7 Å². The first-order valence-corrected chi connectivity index (χ1v) is 8.90. The first-order chi connectivity index (χ1) is 12.0. The molecule has 0 radical (unpaired) electrons. The molecule has 5 heteroatoms. The first-order valence-electron chi connectivity index (χ1n) is 8.90. The number of anilines is 1. The molecule has 1 aliphatic heterocycles. The molecule has 2 aromatic carbocycles. The molecule has 0 spiro atoms. The second-order valence-electron chi connectivity index (χ2n) is 7.30. The normalized spacial score (nSPS) is 15.2. The van der Waals surface area contributed by atoms with Gasteiger partial charge in [-0.05, 0) is 24.3 Å². The predicted molar refractivity (Wildman–Crippen MR) is 100 cm³/mol. The SMILES string of the molecule is C[N+](C)(Cc1ccc(NC(=O)c2ccccc2)cc1)C1CCOCC1.[I-]. The molecule has 2 aromatic rings. The number of halogens is 1. The van der Waals surface area contributed by atoms with E-state index in [1.54, 1.807) is 0 Å². The fourth-order valence-electron chi connectivity index (χ4n) is 3.47. The van der Waals surface area contributed by atoms with E-state index < -0.39 is 0 Å².